The summed E-state index contributed by atoms with van der Waals surface area (Å²) in [4.78, 5) is 0. The van der Waals surface area contributed by atoms with Crippen LogP contribution in [-0.4, -0.2) is 24.4 Å². The maximum atomic E-state index is 8.46. The largest absolute Gasteiger partial charge is 0.396 e. The first-order chi connectivity index (χ1) is 4.31. The maximum absolute atomic E-state index is 8.46. The van der Waals surface area contributed by atoms with Crippen molar-refractivity contribution >= 4 is 0 Å². The molecule has 0 aromatic heterocycles. The third kappa shape index (κ3) is 5.80. The predicted molar refractivity (Wildman–Crippen MR) is 37.4 cm³/mol. The summed E-state index contributed by atoms with van der Waals surface area (Å²) in [5.41, 5.74) is 0. The summed E-state index contributed by atoms with van der Waals surface area (Å²) >= 11 is 0. The lowest BCUT2D eigenvalue weighted by molar-refractivity contribution is 0.0485. The van der Waals surface area contributed by atoms with Crippen LogP contribution in [0.4, 0.5) is 0 Å². The number of hydrogen-bond donors (Lipinski definition) is 1. The van der Waals surface area contributed by atoms with Crippen LogP contribution in [0.25, 0.3) is 0 Å². The molecule has 9 heavy (non-hydrogen) atoms. The molecule has 0 aliphatic rings. The van der Waals surface area contributed by atoms with E-state index in [4.69, 9.17) is 9.84 Å². The van der Waals surface area contributed by atoms with Gasteiger partial charge in [0.2, 0.25) is 0 Å². The second-order valence-corrected chi connectivity index (χ2v) is 2.19. The van der Waals surface area contributed by atoms with Crippen molar-refractivity contribution in [2.45, 2.75) is 32.8 Å². The van der Waals surface area contributed by atoms with Gasteiger partial charge in [0.25, 0.3) is 0 Å². The molecule has 1 atom stereocenters. The van der Waals surface area contributed by atoms with Gasteiger partial charge in [0, 0.05) is 13.2 Å². The summed E-state index contributed by atoms with van der Waals surface area (Å²) in [6.45, 7) is 5.09. The first-order valence-corrected chi connectivity index (χ1v) is 3.53. The van der Waals surface area contributed by atoms with Crippen LogP contribution < -0.4 is 0 Å². The number of hydrogen-bond acceptors (Lipinski definition) is 2. The van der Waals surface area contributed by atoms with Crippen molar-refractivity contribution in [1.29, 1.82) is 0 Å². The zero-order chi connectivity index (χ0) is 7.11. The van der Waals surface area contributed by atoms with Crippen molar-refractivity contribution in [2.75, 3.05) is 13.2 Å². The molecule has 2 nitrogen and oxygen atoms in total. The molecule has 0 saturated carbocycles. The summed E-state index contributed by atoms with van der Waals surface area (Å²) in [6.07, 6.45) is 2.02. The van der Waals surface area contributed by atoms with E-state index in [1.54, 1.807) is 0 Å². The lowest BCUT2D eigenvalue weighted by atomic mass is 10.3. The van der Waals surface area contributed by atoms with Gasteiger partial charge in [-0.2, -0.15) is 0 Å². The average molecular weight is 132 g/mol. The average Bonchev–Trinajstić information content (AvgIpc) is 1.85. The summed E-state index contributed by atoms with van der Waals surface area (Å²) in [5.74, 6) is 0. The molecule has 0 spiro atoms. The molecule has 1 N–H and O–H groups in total. The molecular weight excluding hydrogens is 116 g/mol. The Morgan fingerprint density at radius 2 is 2.22 bits per heavy atom. The summed E-state index contributed by atoms with van der Waals surface area (Å²) < 4.78 is 5.27. The molecule has 1 unspecified atom stereocenters. The van der Waals surface area contributed by atoms with Crippen LogP contribution in [0.1, 0.15) is 26.7 Å². The summed E-state index contributed by atoms with van der Waals surface area (Å²) in [7, 11) is 0. The van der Waals surface area contributed by atoms with Gasteiger partial charge in [0.05, 0.1) is 6.10 Å². The van der Waals surface area contributed by atoms with E-state index in [0.717, 1.165) is 19.4 Å². The van der Waals surface area contributed by atoms with E-state index in [0.29, 0.717) is 0 Å². The van der Waals surface area contributed by atoms with Crippen LogP contribution in [0.3, 0.4) is 0 Å². The zero-order valence-corrected chi connectivity index (χ0v) is 6.26. The molecule has 56 valence electrons. The smallest absolute Gasteiger partial charge is 0.0568 e. The molecule has 0 saturated heterocycles. The molecule has 0 fully saturated rings. The minimum atomic E-state index is 0.218. The topological polar surface area (TPSA) is 29.5 Å². The highest BCUT2D eigenvalue weighted by molar-refractivity contribution is 4.46. The van der Waals surface area contributed by atoms with Crippen molar-refractivity contribution in [3.05, 3.63) is 0 Å². The van der Waals surface area contributed by atoms with Gasteiger partial charge in [-0.1, -0.05) is 6.92 Å². The van der Waals surface area contributed by atoms with E-state index in [-0.39, 0.29) is 12.7 Å². The van der Waals surface area contributed by atoms with Gasteiger partial charge in [0.15, 0.2) is 0 Å². The van der Waals surface area contributed by atoms with Crippen molar-refractivity contribution in [1.82, 2.24) is 0 Å². The lowest BCUT2D eigenvalue weighted by Gasteiger charge is -2.09. The van der Waals surface area contributed by atoms with E-state index in [9.17, 15) is 0 Å². The fourth-order valence-corrected chi connectivity index (χ4v) is 0.584. The van der Waals surface area contributed by atoms with E-state index < -0.39 is 0 Å². The van der Waals surface area contributed by atoms with Crippen LogP contribution in [0, 0.1) is 0 Å². The highest BCUT2D eigenvalue weighted by atomic mass is 16.5. The van der Waals surface area contributed by atoms with Gasteiger partial charge in [-0.15, -0.1) is 0 Å². The Balaban J connectivity index is 2.95. The lowest BCUT2D eigenvalue weighted by Crippen LogP contribution is -2.10. The fraction of sp³-hybridized carbons (Fsp3) is 1.00. The SMILES string of the molecule is CCCOC(C)CCO. The second-order valence-electron chi connectivity index (χ2n) is 2.19. The highest BCUT2D eigenvalue weighted by Gasteiger charge is 1.97. The Labute approximate surface area is 56.8 Å². The molecule has 0 aromatic rings. The van der Waals surface area contributed by atoms with Crippen LogP contribution >= 0.6 is 0 Å². The maximum Gasteiger partial charge on any atom is 0.0568 e. The quantitative estimate of drug-likeness (QED) is 0.608. The van der Waals surface area contributed by atoms with Crippen LogP contribution in [-0.2, 0) is 4.74 Å². The van der Waals surface area contributed by atoms with Gasteiger partial charge in [0.1, 0.15) is 0 Å². The van der Waals surface area contributed by atoms with E-state index in [1.807, 2.05) is 6.92 Å². The van der Waals surface area contributed by atoms with E-state index in [1.165, 1.54) is 0 Å². The number of rotatable bonds is 5. The second kappa shape index (κ2) is 6.05. The van der Waals surface area contributed by atoms with Crippen LogP contribution in [0.15, 0.2) is 0 Å². The van der Waals surface area contributed by atoms with Gasteiger partial charge in [-0.3, -0.25) is 0 Å². The highest BCUT2D eigenvalue weighted by Crippen LogP contribution is 1.95. The first-order valence-electron chi connectivity index (χ1n) is 3.53. The summed E-state index contributed by atoms with van der Waals surface area (Å²) in [6, 6.07) is 0. The fourth-order valence-electron chi connectivity index (χ4n) is 0.584. The minimum absolute atomic E-state index is 0.218. The Kier molecular flexibility index (Phi) is 5.99. The normalized spacial score (nSPS) is 13.7. The Morgan fingerprint density at radius 1 is 1.56 bits per heavy atom. The predicted octanol–water partition coefficient (Wildman–Crippen LogP) is 1.18. The van der Waals surface area contributed by atoms with Crippen molar-refractivity contribution in [3.8, 4) is 0 Å². The number of ether oxygens (including phenoxy) is 1. The Hall–Kier alpha value is -0.0800. The molecule has 2 heteroatoms. The number of aliphatic hydroxyl groups is 1. The molecule has 0 rings (SSSR count). The van der Waals surface area contributed by atoms with Crippen LogP contribution in [0.2, 0.25) is 0 Å². The van der Waals surface area contributed by atoms with Crippen molar-refractivity contribution < 1.29 is 9.84 Å². The molecule has 0 aliphatic heterocycles. The van der Waals surface area contributed by atoms with Gasteiger partial charge in [-0.05, 0) is 19.8 Å². The van der Waals surface area contributed by atoms with Crippen molar-refractivity contribution in [3.63, 3.8) is 0 Å². The molecule has 0 aliphatic carbocycles. The Bertz CT molecular complexity index is 54.9. The third-order valence-corrected chi connectivity index (χ3v) is 1.14. The molecular formula is C7H16O2. The van der Waals surface area contributed by atoms with Crippen LogP contribution in [0.5, 0.6) is 0 Å². The molecule has 0 bridgehead atoms. The van der Waals surface area contributed by atoms with E-state index in [2.05, 4.69) is 6.92 Å². The molecule has 0 aromatic carbocycles. The first kappa shape index (κ1) is 8.92. The van der Waals surface area contributed by atoms with Crippen molar-refractivity contribution in [2.24, 2.45) is 0 Å². The molecule has 0 radical (unpaired) electrons. The summed E-state index contributed by atoms with van der Waals surface area (Å²) in [5, 5.41) is 8.46. The van der Waals surface area contributed by atoms with Gasteiger partial charge >= 0.3 is 0 Å². The number of aliphatic hydroxyl groups excluding tert-OH is 1. The monoisotopic (exact) mass is 132 g/mol. The minimum Gasteiger partial charge on any atom is -0.396 e. The van der Waals surface area contributed by atoms with Gasteiger partial charge < -0.3 is 9.84 Å². The standard InChI is InChI=1S/C7H16O2/c1-3-6-9-7(2)4-5-8/h7-8H,3-6H2,1-2H3. The third-order valence-electron chi connectivity index (χ3n) is 1.14. The van der Waals surface area contributed by atoms with E-state index >= 15 is 0 Å². The zero-order valence-electron chi connectivity index (χ0n) is 6.26. The molecule has 0 amide bonds. The van der Waals surface area contributed by atoms with Gasteiger partial charge in [-0.25, -0.2) is 0 Å². The molecule has 0 heterocycles. The Morgan fingerprint density at radius 3 is 2.67 bits per heavy atom.